The van der Waals surface area contributed by atoms with Gasteiger partial charge in [-0.1, -0.05) is 260 Å². The van der Waals surface area contributed by atoms with E-state index in [1.807, 2.05) is 0 Å². The average Bonchev–Trinajstić information content (AvgIpc) is 3.47. The fourth-order valence-electron chi connectivity index (χ4n) is 8.03. The van der Waals surface area contributed by atoms with Crippen molar-refractivity contribution in [3.8, 4) is 0 Å². The number of unbranched alkanes of at least 4 members (excludes halogenated alkanes) is 13. The minimum atomic E-state index is -0.832. The Kier molecular flexibility index (Phi) is 63.0. The van der Waals surface area contributed by atoms with Crippen LogP contribution in [0.25, 0.3) is 0 Å². The molecule has 1 unspecified atom stereocenters. The van der Waals surface area contributed by atoms with Crippen LogP contribution in [0.3, 0.4) is 0 Å². The van der Waals surface area contributed by atoms with Gasteiger partial charge in [-0.2, -0.15) is 0 Å². The smallest absolute Gasteiger partial charge is 0.306 e. The van der Waals surface area contributed by atoms with Crippen LogP contribution in [0.5, 0.6) is 0 Å². The standard InChI is InChI=1S/C76H116O6/c1-4-7-10-13-16-19-22-25-27-29-31-33-35-36-37-38-39-40-42-43-45-47-49-51-54-57-60-63-66-69-75(78)81-72-73(71-80-74(77)68-65-62-59-56-53-24-21-18-15-12-9-6-3)82-76(79)70-67-64-61-58-55-52-50-48-46-44-41-34-32-30-28-26-23-20-17-14-11-8-5-2/h7-8,10-11,16-21,25-28,31-34,36-37,39-40,43-46,49-52,57,60,73H,4-6,9,12-15,22-24,29-30,35,38,41-42,47-48,53-56,58-59,61-72H2,1-3H3/b10-7-,11-8-,19-16-,20-17-,21-18-,27-25-,28-26-,33-31-,34-32-,37-36-,40-39-,45-43-,46-44-,51-49-,52-50-,60-57-. The van der Waals surface area contributed by atoms with Crippen molar-refractivity contribution in [1.29, 1.82) is 0 Å². The normalized spacial score (nSPS) is 13.5. The zero-order chi connectivity index (χ0) is 59.2. The topological polar surface area (TPSA) is 78.9 Å². The van der Waals surface area contributed by atoms with E-state index in [4.69, 9.17) is 14.2 Å². The third kappa shape index (κ3) is 65.1. The van der Waals surface area contributed by atoms with Gasteiger partial charge >= 0.3 is 17.9 Å². The molecule has 82 heavy (non-hydrogen) atoms. The summed E-state index contributed by atoms with van der Waals surface area (Å²) < 4.78 is 16.8. The van der Waals surface area contributed by atoms with E-state index in [9.17, 15) is 14.4 Å². The first-order valence-corrected chi connectivity index (χ1v) is 32.4. The van der Waals surface area contributed by atoms with Crippen LogP contribution in [0.4, 0.5) is 0 Å². The average molecular weight is 1130 g/mol. The van der Waals surface area contributed by atoms with Gasteiger partial charge in [-0.3, -0.25) is 14.4 Å². The van der Waals surface area contributed by atoms with Gasteiger partial charge in [-0.25, -0.2) is 0 Å². The van der Waals surface area contributed by atoms with Crippen LogP contribution in [0.2, 0.25) is 0 Å². The second kappa shape index (κ2) is 67.8. The predicted molar refractivity (Wildman–Crippen MR) is 357 cm³/mol. The summed E-state index contributed by atoms with van der Waals surface area (Å²) in [5.41, 5.74) is 0. The van der Waals surface area contributed by atoms with E-state index in [2.05, 4.69) is 215 Å². The maximum Gasteiger partial charge on any atom is 0.306 e. The van der Waals surface area contributed by atoms with Crippen LogP contribution in [0, 0.1) is 0 Å². The molecule has 1 atom stereocenters. The molecule has 0 aromatic carbocycles. The SMILES string of the molecule is CC/C=C\C/C=C\C/C=C\C/C=C\C/C=C\C/C=C\C/C=C\C/C=C\C/C=C\CCCC(=O)OCC(COC(=O)CCCCCCC/C=C\CCCCC)OC(=O)CCCCCC/C=C\C/C=C\C/C=C\C/C=C\C/C=C\C/C=C\CC. The van der Waals surface area contributed by atoms with Crippen molar-refractivity contribution in [2.45, 2.75) is 252 Å². The Hall–Kier alpha value is -5.75. The highest BCUT2D eigenvalue weighted by Gasteiger charge is 2.19. The summed E-state index contributed by atoms with van der Waals surface area (Å²) in [4.78, 5) is 38.3. The predicted octanol–water partition coefficient (Wildman–Crippen LogP) is 22.6. The van der Waals surface area contributed by atoms with Crippen molar-refractivity contribution < 1.29 is 28.6 Å². The van der Waals surface area contributed by atoms with Crippen molar-refractivity contribution in [1.82, 2.24) is 0 Å². The lowest BCUT2D eigenvalue weighted by atomic mass is 10.1. The van der Waals surface area contributed by atoms with E-state index in [1.165, 1.54) is 32.1 Å². The number of ether oxygens (including phenoxy) is 3. The Morgan fingerprint density at radius 3 is 0.805 bits per heavy atom. The lowest BCUT2D eigenvalue weighted by Crippen LogP contribution is -2.30. The van der Waals surface area contributed by atoms with E-state index in [-0.39, 0.29) is 44.0 Å². The highest BCUT2D eigenvalue weighted by Crippen LogP contribution is 2.12. The summed E-state index contributed by atoms with van der Waals surface area (Å²) in [6.07, 6.45) is 103. The monoisotopic (exact) mass is 1120 g/mol. The largest absolute Gasteiger partial charge is 0.462 e. The molecule has 0 saturated heterocycles. The van der Waals surface area contributed by atoms with Gasteiger partial charge in [0.05, 0.1) is 0 Å². The van der Waals surface area contributed by atoms with Crippen molar-refractivity contribution in [3.63, 3.8) is 0 Å². The first kappa shape index (κ1) is 76.2. The minimum absolute atomic E-state index is 0.121. The van der Waals surface area contributed by atoms with E-state index in [1.54, 1.807) is 0 Å². The van der Waals surface area contributed by atoms with E-state index < -0.39 is 6.10 Å². The van der Waals surface area contributed by atoms with Gasteiger partial charge in [0.2, 0.25) is 0 Å². The van der Waals surface area contributed by atoms with Crippen LogP contribution in [-0.2, 0) is 28.6 Å². The van der Waals surface area contributed by atoms with Crippen molar-refractivity contribution in [3.05, 3.63) is 194 Å². The Morgan fingerprint density at radius 1 is 0.256 bits per heavy atom. The number of hydrogen-bond donors (Lipinski definition) is 0. The summed E-state index contributed by atoms with van der Waals surface area (Å²) in [5, 5.41) is 0. The van der Waals surface area contributed by atoms with Crippen LogP contribution >= 0.6 is 0 Å². The summed E-state index contributed by atoms with van der Waals surface area (Å²) in [6.45, 7) is 6.29. The molecule has 0 aromatic rings. The highest BCUT2D eigenvalue weighted by atomic mass is 16.6. The molecule has 0 spiro atoms. The summed E-state index contributed by atoms with van der Waals surface area (Å²) >= 11 is 0. The molecule has 456 valence electrons. The summed E-state index contributed by atoms with van der Waals surface area (Å²) in [7, 11) is 0. The first-order chi connectivity index (χ1) is 40.5. The van der Waals surface area contributed by atoms with Gasteiger partial charge in [-0.15, -0.1) is 0 Å². The van der Waals surface area contributed by atoms with Gasteiger partial charge in [0, 0.05) is 19.3 Å². The highest BCUT2D eigenvalue weighted by molar-refractivity contribution is 5.71. The molecule has 0 aliphatic rings. The third-order valence-electron chi connectivity index (χ3n) is 12.8. The van der Waals surface area contributed by atoms with Crippen LogP contribution < -0.4 is 0 Å². The fourth-order valence-corrected chi connectivity index (χ4v) is 8.03. The number of hydrogen-bond acceptors (Lipinski definition) is 6. The molecular weight excluding hydrogens is 1010 g/mol. The zero-order valence-corrected chi connectivity index (χ0v) is 52.2. The molecule has 0 aliphatic carbocycles. The van der Waals surface area contributed by atoms with Gasteiger partial charge < -0.3 is 14.2 Å². The van der Waals surface area contributed by atoms with Gasteiger partial charge in [-0.05, 0) is 161 Å². The van der Waals surface area contributed by atoms with Gasteiger partial charge in [0.25, 0.3) is 0 Å². The number of carbonyl (C=O) groups is 3. The maximum absolute atomic E-state index is 12.9. The van der Waals surface area contributed by atoms with Crippen LogP contribution in [-0.4, -0.2) is 37.2 Å². The quantitative estimate of drug-likeness (QED) is 0.0261. The van der Waals surface area contributed by atoms with Crippen molar-refractivity contribution >= 4 is 17.9 Å². The summed E-state index contributed by atoms with van der Waals surface area (Å²) in [5.74, 6) is -1.03. The maximum atomic E-state index is 12.9. The Labute approximate surface area is 503 Å². The first-order valence-electron chi connectivity index (χ1n) is 32.4. The molecule has 0 N–H and O–H groups in total. The molecular formula is C76H116O6. The van der Waals surface area contributed by atoms with E-state index in [0.29, 0.717) is 12.8 Å². The molecule has 6 heteroatoms. The molecule has 0 heterocycles. The molecule has 0 amide bonds. The number of rotatable bonds is 56. The molecule has 0 aromatic heterocycles. The molecule has 0 bridgehead atoms. The second-order valence-electron chi connectivity index (χ2n) is 20.5. The Balaban J connectivity index is 4.52. The van der Waals surface area contributed by atoms with Crippen LogP contribution in [0.1, 0.15) is 245 Å². The van der Waals surface area contributed by atoms with E-state index >= 15 is 0 Å². The third-order valence-corrected chi connectivity index (χ3v) is 12.8. The van der Waals surface area contributed by atoms with Gasteiger partial charge in [0.1, 0.15) is 13.2 Å². The Bertz CT molecular complexity index is 1970. The number of allylic oxidation sites excluding steroid dienone is 32. The summed E-state index contributed by atoms with van der Waals surface area (Å²) in [6, 6.07) is 0. The zero-order valence-electron chi connectivity index (χ0n) is 52.2. The van der Waals surface area contributed by atoms with Crippen LogP contribution in [0.15, 0.2) is 194 Å². The fraction of sp³-hybridized carbons (Fsp3) is 0.539. The molecule has 0 fully saturated rings. The minimum Gasteiger partial charge on any atom is -0.462 e. The molecule has 6 nitrogen and oxygen atoms in total. The second-order valence-corrected chi connectivity index (χ2v) is 20.5. The number of esters is 3. The van der Waals surface area contributed by atoms with Crippen molar-refractivity contribution in [2.24, 2.45) is 0 Å². The lowest BCUT2D eigenvalue weighted by molar-refractivity contribution is -0.167. The Morgan fingerprint density at radius 2 is 0.488 bits per heavy atom. The lowest BCUT2D eigenvalue weighted by Gasteiger charge is -2.18. The molecule has 0 saturated carbocycles. The molecule has 0 rings (SSSR count). The number of carbonyl (C=O) groups excluding carboxylic acids is 3. The van der Waals surface area contributed by atoms with Gasteiger partial charge in [0.15, 0.2) is 6.10 Å². The van der Waals surface area contributed by atoms with Crippen molar-refractivity contribution in [2.75, 3.05) is 13.2 Å². The molecule has 0 radical (unpaired) electrons. The molecule has 0 aliphatic heterocycles. The van der Waals surface area contributed by atoms with E-state index in [0.717, 1.165) is 167 Å².